The van der Waals surface area contributed by atoms with Crippen molar-refractivity contribution in [3.05, 3.63) is 0 Å². The first kappa shape index (κ1) is 15.3. The van der Waals surface area contributed by atoms with Crippen LogP contribution in [0.15, 0.2) is 0 Å². The number of piperazine rings is 1. The van der Waals surface area contributed by atoms with E-state index in [9.17, 15) is 18.0 Å². The van der Waals surface area contributed by atoms with E-state index in [1.54, 1.807) is 13.8 Å². The molecule has 0 aromatic carbocycles. The van der Waals surface area contributed by atoms with Crippen molar-refractivity contribution in [2.24, 2.45) is 5.92 Å². The molecule has 114 valence electrons. The molecule has 1 heterocycles. The number of rotatable bonds is 6. The van der Waals surface area contributed by atoms with Crippen LogP contribution in [-0.4, -0.2) is 55.3 Å². The maximum atomic E-state index is 12.5. The van der Waals surface area contributed by atoms with Crippen molar-refractivity contribution in [1.82, 2.24) is 10.2 Å². The molecule has 2 amide bonds. The van der Waals surface area contributed by atoms with Crippen LogP contribution in [0.2, 0.25) is 0 Å². The van der Waals surface area contributed by atoms with Crippen LogP contribution in [0, 0.1) is 5.92 Å². The van der Waals surface area contributed by atoms with Crippen LogP contribution in [0.1, 0.15) is 33.1 Å². The van der Waals surface area contributed by atoms with Crippen LogP contribution < -0.4 is 5.32 Å². The first-order valence-corrected chi connectivity index (χ1v) is 8.91. The lowest BCUT2D eigenvalue weighted by atomic mass is 9.91. The van der Waals surface area contributed by atoms with Gasteiger partial charge < -0.3 is 10.2 Å². The van der Waals surface area contributed by atoms with Gasteiger partial charge in [0.15, 0.2) is 0 Å². The summed E-state index contributed by atoms with van der Waals surface area (Å²) >= 11 is 0. The van der Waals surface area contributed by atoms with E-state index in [0.29, 0.717) is 13.0 Å². The van der Waals surface area contributed by atoms with E-state index in [2.05, 4.69) is 5.32 Å². The molecule has 2 fully saturated rings. The van der Waals surface area contributed by atoms with E-state index < -0.39 is 15.4 Å². The smallest absolute Gasteiger partial charge is 0.248 e. The molecule has 1 aliphatic carbocycles. The third-order valence-corrected chi connectivity index (χ3v) is 5.97. The van der Waals surface area contributed by atoms with Crippen LogP contribution in [0.25, 0.3) is 0 Å². The van der Waals surface area contributed by atoms with Crippen LogP contribution in [0.3, 0.4) is 0 Å². The first-order chi connectivity index (χ1) is 9.28. The molecule has 1 N–H and O–H groups in total. The predicted octanol–water partition coefficient (Wildman–Crippen LogP) is -0.0617. The predicted molar refractivity (Wildman–Crippen MR) is 74.8 cm³/mol. The summed E-state index contributed by atoms with van der Waals surface area (Å²) in [5, 5.41) is 2.80. The van der Waals surface area contributed by atoms with Crippen molar-refractivity contribution >= 4 is 21.7 Å². The fourth-order valence-corrected chi connectivity index (χ4v) is 3.55. The van der Waals surface area contributed by atoms with Crippen molar-refractivity contribution in [2.75, 3.05) is 24.6 Å². The van der Waals surface area contributed by atoms with Gasteiger partial charge in [0, 0.05) is 12.3 Å². The Morgan fingerprint density at radius 1 is 1.35 bits per heavy atom. The van der Waals surface area contributed by atoms with Gasteiger partial charge in [-0.15, -0.1) is 0 Å². The summed E-state index contributed by atoms with van der Waals surface area (Å²) in [5.41, 5.74) is -0.793. The average Bonchev–Trinajstić information content (AvgIpc) is 3.19. The minimum atomic E-state index is -3.02. The van der Waals surface area contributed by atoms with Gasteiger partial charge in [-0.05, 0) is 32.1 Å². The fourth-order valence-electron chi connectivity index (χ4n) is 2.69. The number of nitrogens with one attached hydrogen (secondary N) is 1. The topological polar surface area (TPSA) is 83.6 Å². The van der Waals surface area contributed by atoms with E-state index in [1.165, 1.54) is 4.90 Å². The highest BCUT2D eigenvalue weighted by Crippen LogP contribution is 2.41. The number of hydrogen-bond donors (Lipinski definition) is 1. The zero-order chi connectivity index (χ0) is 15.0. The van der Waals surface area contributed by atoms with Gasteiger partial charge in [0.05, 0.1) is 12.3 Å². The molecular weight excluding hydrogens is 280 g/mol. The van der Waals surface area contributed by atoms with Crippen LogP contribution in [0.5, 0.6) is 0 Å². The number of carbonyl (C=O) groups is 2. The first-order valence-electron chi connectivity index (χ1n) is 7.09. The zero-order valence-corrected chi connectivity index (χ0v) is 12.8. The molecule has 6 nitrogen and oxygen atoms in total. The van der Waals surface area contributed by atoms with Crippen LogP contribution in [0.4, 0.5) is 0 Å². The molecule has 0 bridgehead atoms. The van der Waals surface area contributed by atoms with Crippen molar-refractivity contribution < 1.29 is 18.0 Å². The standard InChI is InChI=1S/C13H22N2O4S/c1-3-20(18,19)8-4-7-15-9-11(16)14-13(2,12(15)17)10-5-6-10/h10H,3-9H2,1-2H3,(H,14,16). The summed E-state index contributed by atoms with van der Waals surface area (Å²) < 4.78 is 22.9. The molecule has 1 saturated heterocycles. The Bertz CT molecular complexity index is 512. The Balaban J connectivity index is 1.97. The summed E-state index contributed by atoms with van der Waals surface area (Å²) in [6.07, 6.45) is 2.30. The lowest BCUT2D eigenvalue weighted by molar-refractivity contribution is -0.150. The van der Waals surface area contributed by atoms with Gasteiger partial charge in [0.25, 0.3) is 0 Å². The highest BCUT2D eigenvalue weighted by Gasteiger charge is 2.52. The van der Waals surface area contributed by atoms with Gasteiger partial charge in [0.2, 0.25) is 11.8 Å². The van der Waals surface area contributed by atoms with Crippen LogP contribution in [-0.2, 0) is 19.4 Å². The lowest BCUT2D eigenvalue weighted by Crippen LogP contribution is -2.66. The number of hydrogen-bond acceptors (Lipinski definition) is 4. The molecule has 1 atom stereocenters. The molecule has 1 saturated carbocycles. The Hall–Kier alpha value is -1.11. The average molecular weight is 302 g/mol. The van der Waals surface area contributed by atoms with Gasteiger partial charge in [-0.3, -0.25) is 9.59 Å². The molecule has 20 heavy (non-hydrogen) atoms. The molecular formula is C13H22N2O4S. The third-order valence-electron chi connectivity index (χ3n) is 4.18. The normalized spacial score (nSPS) is 27.6. The summed E-state index contributed by atoms with van der Waals surface area (Å²) in [7, 11) is -3.02. The monoisotopic (exact) mass is 302 g/mol. The molecule has 2 rings (SSSR count). The molecule has 0 aromatic heterocycles. The van der Waals surface area contributed by atoms with Gasteiger partial charge in [-0.2, -0.15) is 0 Å². The quantitative estimate of drug-likeness (QED) is 0.745. The molecule has 0 radical (unpaired) electrons. The Kier molecular flexibility index (Phi) is 4.09. The SMILES string of the molecule is CCS(=O)(=O)CCCN1CC(=O)NC(C)(C2CC2)C1=O. The maximum absolute atomic E-state index is 12.5. The lowest BCUT2D eigenvalue weighted by Gasteiger charge is -2.40. The number of carbonyl (C=O) groups excluding carboxylic acids is 2. The Morgan fingerprint density at radius 2 is 2.00 bits per heavy atom. The minimum Gasteiger partial charge on any atom is -0.340 e. The summed E-state index contributed by atoms with van der Waals surface area (Å²) in [6.45, 7) is 3.75. The highest BCUT2D eigenvalue weighted by molar-refractivity contribution is 7.91. The number of nitrogens with zero attached hydrogens (tertiary/aromatic N) is 1. The van der Waals surface area contributed by atoms with E-state index in [4.69, 9.17) is 0 Å². The zero-order valence-electron chi connectivity index (χ0n) is 12.0. The van der Waals surface area contributed by atoms with E-state index in [0.717, 1.165) is 12.8 Å². The second-order valence-electron chi connectivity index (χ2n) is 5.84. The highest BCUT2D eigenvalue weighted by atomic mass is 32.2. The van der Waals surface area contributed by atoms with Crippen molar-refractivity contribution in [1.29, 1.82) is 0 Å². The van der Waals surface area contributed by atoms with Gasteiger partial charge >= 0.3 is 0 Å². The molecule has 0 spiro atoms. The van der Waals surface area contributed by atoms with Crippen molar-refractivity contribution in [2.45, 2.75) is 38.6 Å². The second kappa shape index (κ2) is 5.35. The van der Waals surface area contributed by atoms with Crippen molar-refractivity contribution in [3.8, 4) is 0 Å². The summed E-state index contributed by atoms with van der Waals surface area (Å²) in [5.74, 6) is 0.169. The van der Waals surface area contributed by atoms with E-state index >= 15 is 0 Å². The second-order valence-corrected chi connectivity index (χ2v) is 8.31. The van der Waals surface area contributed by atoms with E-state index in [-0.39, 0.29) is 35.8 Å². The van der Waals surface area contributed by atoms with Crippen LogP contribution >= 0.6 is 0 Å². The molecule has 7 heteroatoms. The van der Waals surface area contributed by atoms with Crippen molar-refractivity contribution in [3.63, 3.8) is 0 Å². The molecule has 2 aliphatic rings. The summed E-state index contributed by atoms with van der Waals surface area (Å²) in [4.78, 5) is 25.7. The van der Waals surface area contributed by atoms with Gasteiger partial charge in [-0.1, -0.05) is 6.92 Å². The van der Waals surface area contributed by atoms with Gasteiger partial charge in [0.1, 0.15) is 15.4 Å². The fraction of sp³-hybridized carbons (Fsp3) is 0.846. The third kappa shape index (κ3) is 3.13. The summed E-state index contributed by atoms with van der Waals surface area (Å²) in [6, 6.07) is 0. The van der Waals surface area contributed by atoms with E-state index in [1.807, 2.05) is 0 Å². The number of amides is 2. The largest absolute Gasteiger partial charge is 0.340 e. The molecule has 1 aliphatic heterocycles. The molecule has 1 unspecified atom stereocenters. The minimum absolute atomic E-state index is 0.0350. The Morgan fingerprint density at radius 3 is 2.55 bits per heavy atom. The maximum Gasteiger partial charge on any atom is 0.248 e. The number of sulfone groups is 1. The van der Waals surface area contributed by atoms with Gasteiger partial charge in [-0.25, -0.2) is 8.42 Å². The molecule has 0 aromatic rings. The Labute approximate surface area is 119 Å².